The number of Topliss-reactive ketones (excluding diaryl/α,β-unsaturated/α-hetero) is 1. The van der Waals surface area contributed by atoms with Gasteiger partial charge < -0.3 is 4.90 Å². The van der Waals surface area contributed by atoms with Gasteiger partial charge in [0, 0.05) is 13.0 Å². The van der Waals surface area contributed by atoms with Gasteiger partial charge >= 0.3 is 6.18 Å². The lowest BCUT2D eigenvalue weighted by Crippen LogP contribution is -2.35. The van der Waals surface area contributed by atoms with Crippen LogP contribution < -0.4 is 4.90 Å². The van der Waals surface area contributed by atoms with E-state index in [2.05, 4.69) is 4.98 Å². The number of hydrogen-bond acceptors (Lipinski definition) is 4. The summed E-state index contributed by atoms with van der Waals surface area (Å²) >= 11 is 1.02. The fourth-order valence-corrected chi connectivity index (χ4v) is 2.37. The maximum absolute atomic E-state index is 12.4. The van der Waals surface area contributed by atoms with Crippen molar-refractivity contribution >= 4 is 22.3 Å². The van der Waals surface area contributed by atoms with Crippen molar-refractivity contribution in [3.05, 3.63) is 11.1 Å². The van der Waals surface area contributed by atoms with Crippen molar-refractivity contribution < 1.29 is 18.0 Å². The summed E-state index contributed by atoms with van der Waals surface area (Å²) in [4.78, 5) is 16.6. The zero-order chi connectivity index (χ0) is 12.6. The van der Waals surface area contributed by atoms with E-state index in [-0.39, 0.29) is 17.0 Å². The van der Waals surface area contributed by atoms with Crippen LogP contribution in [0.15, 0.2) is 6.20 Å². The summed E-state index contributed by atoms with van der Waals surface area (Å²) in [5.41, 5.74) is 0. The molecule has 1 fully saturated rings. The Hall–Kier alpha value is -1.11. The first-order valence-electron chi connectivity index (χ1n) is 5.17. The lowest BCUT2D eigenvalue weighted by atomic mass is 10.4. The van der Waals surface area contributed by atoms with Gasteiger partial charge in [0.25, 0.3) is 0 Å². The Labute approximate surface area is 100 Å². The number of anilines is 1. The lowest BCUT2D eigenvalue weighted by molar-refractivity contribution is -0.120. The van der Waals surface area contributed by atoms with Crippen molar-refractivity contribution in [1.29, 1.82) is 0 Å². The maximum atomic E-state index is 12.4. The molecule has 0 amide bonds. The van der Waals surface area contributed by atoms with Crippen LogP contribution >= 0.6 is 11.3 Å². The van der Waals surface area contributed by atoms with Gasteiger partial charge in [-0.3, -0.25) is 4.79 Å². The van der Waals surface area contributed by atoms with Crippen molar-refractivity contribution in [2.24, 2.45) is 0 Å². The van der Waals surface area contributed by atoms with E-state index in [4.69, 9.17) is 0 Å². The summed E-state index contributed by atoms with van der Waals surface area (Å²) in [6.07, 6.45) is -1.39. The minimum atomic E-state index is -4.25. The zero-order valence-corrected chi connectivity index (χ0v) is 9.94. The number of aromatic nitrogens is 1. The molecule has 0 bridgehead atoms. The van der Waals surface area contributed by atoms with Crippen LogP contribution in [0, 0.1) is 0 Å². The van der Waals surface area contributed by atoms with Crippen molar-refractivity contribution in [2.75, 3.05) is 11.4 Å². The van der Waals surface area contributed by atoms with Crippen LogP contribution in [0.5, 0.6) is 0 Å². The highest BCUT2D eigenvalue weighted by molar-refractivity contribution is 7.17. The summed E-state index contributed by atoms with van der Waals surface area (Å²) in [5, 5.41) is 0.287. The molecule has 0 atom stereocenters. The predicted molar refractivity (Wildman–Crippen MR) is 58.5 cm³/mol. The summed E-state index contributed by atoms with van der Waals surface area (Å²) < 4.78 is 37.2. The molecule has 2 rings (SSSR count). The second kappa shape index (κ2) is 4.29. The number of nitrogens with zero attached hydrogens (tertiary/aromatic N) is 2. The fourth-order valence-electron chi connectivity index (χ4n) is 1.49. The Bertz CT molecular complexity index is 425. The number of carbonyl (C=O) groups excluding carboxylic acids is 1. The van der Waals surface area contributed by atoms with Gasteiger partial charge in [0.15, 0.2) is 10.9 Å². The van der Waals surface area contributed by atoms with E-state index in [1.807, 2.05) is 0 Å². The summed E-state index contributed by atoms with van der Waals surface area (Å²) in [6, 6.07) is -0.0809. The molecule has 0 unspecified atom stereocenters. The third kappa shape index (κ3) is 3.18. The SMILES string of the molecule is CC(=O)c1cnc(N(CC(F)(F)F)C2CC2)s1. The Morgan fingerprint density at radius 2 is 2.24 bits per heavy atom. The highest BCUT2D eigenvalue weighted by atomic mass is 32.1. The predicted octanol–water partition coefficient (Wildman–Crippen LogP) is 2.88. The maximum Gasteiger partial charge on any atom is 0.406 e. The van der Waals surface area contributed by atoms with Crippen LogP contribution in [0.2, 0.25) is 0 Å². The topological polar surface area (TPSA) is 33.2 Å². The van der Waals surface area contributed by atoms with Crippen LogP contribution in [-0.4, -0.2) is 29.5 Å². The van der Waals surface area contributed by atoms with Gasteiger partial charge in [-0.05, 0) is 12.8 Å². The minimum absolute atomic E-state index is 0.0809. The van der Waals surface area contributed by atoms with Gasteiger partial charge in [0.1, 0.15) is 6.54 Å². The first kappa shape index (κ1) is 12.3. The van der Waals surface area contributed by atoms with E-state index in [9.17, 15) is 18.0 Å². The minimum Gasteiger partial charge on any atom is -0.336 e. The summed E-state index contributed by atoms with van der Waals surface area (Å²) in [5.74, 6) is -0.170. The number of carbonyl (C=O) groups is 1. The van der Waals surface area contributed by atoms with Gasteiger partial charge in [0.05, 0.1) is 11.1 Å². The van der Waals surface area contributed by atoms with Gasteiger partial charge in [0.2, 0.25) is 0 Å². The van der Waals surface area contributed by atoms with Crippen molar-refractivity contribution in [1.82, 2.24) is 4.98 Å². The van der Waals surface area contributed by atoms with Crippen molar-refractivity contribution in [3.8, 4) is 0 Å². The van der Waals surface area contributed by atoms with Crippen LogP contribution in [0.1, 0.15) is 29.4 Å². The molecule has 1 heterocycles. The number of hydrogen-bond donors (Lipinski definition) is 0. The molecule has 1 aliphatic carbocycles. The second-order valence-corrected chi connectivity index (χ2v) is 5.05. The quantitative estimate of drug-likeness (QED) is 0.784. The number of rotatable bonds is 4. The number of alkyl halides is 3. The highest BCUT2D eigenvalue weighted by Crippen LogP contribution is 2.36. The molecule has 0 saturated heterocycles. The van der Waals surface area contributed by atoms with Gasteiger partial charge in [-0.2, -0.15) is 13.2 Å². The molecule has 94 valence electrons. The summed E-state index contributed by atoms with van der Waals surface area (Å²) in [7, 11) is 0. The first-order chi connectivity index (χ1) is 7.87. The summed E-state index contributed by atoms with van der Waals surface area (Å²) in [6.45, 7) is 0.380. The van der Waals surface area contributed by atoms with Crippen LogP contribution in [0.3, 0.4) is 0 Å². The second-order valence-electron chi connectivity index (χ2n) is 4.04. The van der Waals surface area contributed by atoms with Crippen molar-refractivity contribution in [3.63, 3.8) is 0 Å². The van der Waals surface area contributed by atoms with E-state index in [0.717, 1.165) is 24.2 Å². The Balaban J connectivity index is 2.17. The molecule has 0 radical (unpaired) electrons. The number of ketones is 1. The van der Waals surface area contributed by atoms with Crippen molar-refractivity contribution in [2.45, 2.75) is 32.0 Å². The van der Waals surface area contributed by atoms with E-state index < -0.39 is 12.7 Å². The molecule has 0 aromatic carbocycles. The standard InChI is InChI=1S/C10H11F3N2OS/c1-6(16)8-4-14-9(17-8)15(7-2-3-7)5-10(11,12)13/h4,7H,2-3,5H2,1H3. The molecule has 0 N–H and O–H groups in total. The fraction of sp³-hybridized carbons (Fsp3) is 0.600. The van der Waals surface area contributed by atoms with E-state index >= 15 is 0 Å². The van der Waals surface area contributed by atoms with Gasteiger partial charge in [-0.15, -0.1) is 0 Å². The highest BCUT2D eigenvalue weighted by Gasteiger charge is 2.39. The van der Waals surface area contributed by atoms with E-state index in [0.29, 0.717) is 4.88 Å². The van der Waals surface area contributed by atoms with E-state index in [1.165, 1.54) is 18.0 Å². The van der Waals surface area contributed by atoms with Crippen LogP contribution in [0.4, 0.5) is 18.3 Å². The molecule has 1 aromatic heterocycles. The smallest absolute Gasteiger partial charge is 0.336 e. The van der Waals surface area contributed by atoms with E-state index in [1.54, 1.807) is 0 Å². The largest absolute Gasteiger partial charge is 0.406 e. The Morgan fingerprint density at radius 1 is 1.59 bits per heavy atom. The zero-order valence-electron chi connectivity index (χ0n) is 9.12. The molecule has 0 aliphatic heterocycles. The van der Waals surface area contributed by atoms with Crippen LogP contribution in [-0.2, 0) is 0 Å². The molecule has 17 heavy (non-hydrogen) atoms. The molecule has 0 spiro atoms. The average molecular weight is 264 g/mol. The first-order valence-corrected chi connectivity index (χ1v) is 5.98. The normalized spacial score (nSPS) is 16.0. The van der Waals surface area contributed by atoms with Crippen LogP contribution in [0.25, 0.3) is 0 Å². The molecule has 3 nitrogen and oxygen atoms in total. The molecule has 1 aromatic rings. The Kier molecular flexibility index (Phi) is 3.11. The third-order valence-corrected chi connectivity index (χ3v) is 3.56. The molecule has 1 aliphatic rings. The molecular formula is C10H11F3N2OS. The molecular weight excluding hydrogens is 253 g/mol. The van der Waals surface area contributed by atoms with Gasteiger partial charge in [-0.1, -0.05) is 11.3 Å². The van der Waals surface area contributed by atoms with Gasteiger partial charge in [-0.25, -0.2) is 4.98 Å². The number of halogens is 3. The monoisotopic (exact) mass is 264 g/mol. The average Bonchev–Trinajstić information content (AvgIpc) is 2.90. The molecule has 1 saturated carbocycles. The number of thiazole rings is 1. The lowest BCUT2D eigenvalue weighted by Gasteiger charge is -2.22. The molecule has 7 heteroatoms. The Morgan fingerprint density at radius 3 is 2.65 bits per heavy atom. The third-order valence-electron chi connectivity index (χ3n) is 2.42.